The maximum atomic E-state index is 12.1. The Balaban J connectivity index is 0.00000288. The number of carboxylic acids is 1. The lowest BCUT2D eigenvalue weighted by Crippen LogP contribution is -2.40. The number of carbonyl (C=O) groups excluding carboxylic acids is 1. The van der Waals surface area contributed by atoms with Crippen LogP contribution in [0.1, 0.15) is 6.92 Å². The zero-order valence-corrected chi connectivity index (χ0v) is 14.6. The molecule has 0 aliphatic heterocycles. The number of hydrogen-bond acceptors (Lipinski definition) is 5. The van der Waals surface area contributed by atoms with Gasteiger partial charge in [0.2, 0.25) is 5.91 Å². The molecule has 1 aromatic carbocycles. The topological polar surface area (TPSA) is 100 Å². The molecule has 0 aliphatic carbocycles. The van der Waals surface area contributed by atoms with E-state index >= 15 is 0 Å². The highest BCUT2D eigenvalue weighted by molar-refractivity contribution is 6.31. The second-order valence-corrected chi connectivity index (χ2v) is 5.42. The summed E-state index contributed by atoms with van der Waals surface area (Å²) in [4.78, 5) is 28.4. The van der Waals surface area contributed by atoms with E-state index in [-0.39, 0.29) is 24.9 Å². The van der Waals surface area contributed by atoms with Gasteiger partial charge in [-0.2, -0.15) is 5.10 Å². The molecule has 8 nitrogen and oxygen atoms in total. The Morgan fingerprint density at radius 2 is 2.17 bits per heavy atom. The van der Waals surface area contributed by atoms with Crippen LogP contribution in [-0.4, -0.2) is 56.3 Å². The van der Waals surface area contributed by atoms with E-state index in [4.69, 9.17) is 16.7 Å². The van der Waals surface area contributed by atoms with Crippen molar-refractivity contribution in [1.29, 1.82) is 0 Å². The van der Waals surface area contributed by atoms with Gasteiger partial charge in [0.15, 0.2) is 0 Å². The van der Waals surface area contributed by atoms with Crippen LogP contribution in [0.4, 0.5) is 5.69 Å². The largest absolute Gasteiger partial charge is 0.480 e. The summed E-state index contributed by atoms with van der Waals surface area (Å²) < 4.78 is 1.50. The maximum absolute atomic E-state index is 12.1. The minimum Gasteiger partial charge on any atom is -0.480 e. The first-order chi connectivity index (χ1) is 10.9. The van der Waals surface area contributed by atoms with Gasteiger partial charge in [-0.1, -0.05) is 11.6 Å². The number of nitrogens with one attached hydrogen (secondary N) is 1. The molecule has 10 heteroatoms. The van der Waals surface area contributed by atoms with Crippen molar-refractivity contribution in [3.63, 3.8) is 0 Å². The first kappa shape index (κ1) is 19.9. The van der Waals surface area contributed by atoms with Crippen molar-refractivity contribution in [1.82, 2.24) is 19.7 Å². The van der Waals surface area contributed by atoms with Crippen LogP contribution in [0.3, 0.4) is 0 Å². The Morgan fingerprint density at radius 1 is 1.46 bits per heavy atom. The maximum Gasteiger partial charge on any atom is 0.320 e. The number of carbonyl (C=O) groups is 2. The Bertz CT molecular complexity index is 708. The highest BCUT2D eigenvalue weighted by Crippen LogP contribution is 2.23. The Labute approximate surface area is 149 Å². The summed E-state index contributed by atoms with van der Waals surface area (Å²) in [5.74, 6) is -1.35. The van der Waals surface area contributed by atoms with Crippen LogP contribution in [0.15, 0.2) is 30.9 Å². The zero-order chi connectivity index (χ0) is 17.0. The van der Waals surface area contributed by atoms with Crippen LogP contribution < -0.4 is 5.32 Å². The SMILES string of the molecule is CC(C(=O)O)N(C)CC(=O)Nc1cc(Cl)ccc1-n1cncn1.Cl. The summed E-state index contributed by atoms with van der Waals surface area (Å²) in [6, 6.07) is 4.20. The molecule has 0 fully saturated rings. The van der Waals surface area contributed by atoms with Crippen molar-refractivity contribution in [2.24, 2.45) is 0 Å². The number of aliphatic carboxylic acids is 1. The molecular weight excluding hydrogens is 357 g/mol. The third-order valence-corrected chi connectivity index (χ3v) is 3.54. The summed E-state index contributed by atoms with van der Waals surface area (Å²) in [6.07, 6.45) is 2.88. The van der Waals surface area contributed by atoms with Gasteiger partial charge in [-0.25, -0.2) is 9.67 Å². The lowest BCUT2D eigenvalue weighted by atomic mass is 10.2. The fourth-order valence-corrected chi connectivity index (χ4v) is 2.05. The average Bonchev–Trinajstić information content (AvgIpc) is 3.00. The van der Waals surface area contributed by atoms with Crippen LogP contribution in [-0.2, 0) is 9.59 Å². The van der Waals surface area contributed by atoms with Gasteiger partial charge in [-0.3, -0.25) is 14.5 Å². The molecule has 1 atom stereocenters. The van der Waals surface area contributed by atoms with Gasteiger partial charge in [-0.15, -0.1) is 12.4 Å². The highest BCUT2D eigenvalue weighted by atomic mass is 35.5. The molecule has 2 N–H and O–H groups in total. The fraction of sp³-hybridized carbons (Fsp3) is 0.286. The second-order valence-electron chi connectivity index (χ2n) is 4.98. The lowest BCUT2D eigenvalue weighted by molar-refractivity contribution is -0.142. The summed E-state index contributed by atoms with van der Waals surface area (Å²) >= 11 is 5.97. The van der Waals surface area contributed by atoms with Gasteiger partial charge in [0.1, 0.15) is 18.7 Å². The monoisotopic (exact) mass is 373 g/mol. The second kappa shape index (κ2) is 8.62. The molecule has 0 radical (unpaired) electrons. The number of rotatable bonds is 6. The summed E-state index contributed by atoms with van der Waals surface area (Å²) in [7, 11) is 1.56. The van der Waals surface area contributed by atoms with E-state index in [1.165, 1.54) is 29.2 Å². The minimum absolute atomic E-state index is 0. The molecule has 130 valence electrons. The third-order valence-electron chi connectivity index (χ3n) is 3.31. The summed E-state index contributed by atoms with van der Waals surface area (Å²) in [6.45, 7) is 1.44. The predicted molar refractivity (Wildman–Crippen MR) is 92.0 cm³/mol. The molecule has 24 heavy (non-hydrogen) atoms. The van der Waals surface area contributed by atoms with E-state index in [0.29, 0.717) is 16.4 Å². The third kappa shape index (κ3) is 4.92. The lowest BCUT2D eigenvalue weighted by Gasteiger charge is -2.20. The predicted octanol–water partition coefficient (Wildman–Crippen LogP) is 1.69. The number of hydrogen-bond donors (Lipinski definition) is 2. The van der Waals surface area contributed by atoms with E-state index in [0.717, 1.165) is 0 Å². The van der Waals surface area contributed by atoms with E-state index < -0.39 is 12.0 Å². The zero-order valence-electron chi connectivity index (χ0n) is 13.0. The Hall–Kier alpha value is -2.16. The smallest absolute Gasteiger partial charge is 0.320 e. The summed E-state index contributed by atoms with van der Waals surface area (Å²) in [5.41, 5.74) is 1.07. The van der Waals surface area contributed by atoms with E-state index in [9.17, 15) is 9.59 Å². The molecular formula is C14H17Cl2N5O3. The van der Waals surface area contributed by atoms with Crippen molar-refractivity contribution in [3.05, 3.63) is 35.9 Å². The number of aromatic nitrogens is 3. The standard InChI is InChI=1S/C14H16ClN5O3.ClH/c1-9(14(22)23)19(2)6-13(21)18-11-5-10(15)3-4-12(11)20-8-16-7-17-20;/h3-5,7-9H,6H2,1-2H3,(H,18,21)(H,22,23);1H. The van der Waals surface area contributed by atoms with Crippen molar-refractivity contribution < 1.29 is 14.7 Å². The van der Waals surface area contributed by atoms with Crippen LogP contribution in [0, 0.1) is 0 Å². The fourth-order valence-electron chi connectivity index (χ4n) is 1.88. The number of nitrogens with zero attached hydrogens (tertiary/aromatic N) is 4. The molecule has 1 amide bonds. The van der Waals surface area contributed by atoms with Crippen molar-refractivity contribution >= 4 is 41.6 Å². The number of carboxylic acid groups (broad SMARTS) is 1. The first-order valence-corrected chi connectivity index (χ1v) is 7.13. The molecule has 0 bridgehead atoms. The van der Waals surface area contributed by atoms with Gasteiger partial charge >= 0.3 is 5.97 Å². The minimum atomic E-state index is -0.994. The van der Waals surface area contributed by atoms with Crippen LogP contribution >= 0.6 is 24.0 Å². The molecule has 0 spiro atoms. The van der Waals surface area contributed by atoms with E-state index in [1.54, 1.807) is 25.2 Å². The Kier molecular flexibility index (Phi) is 7.15. The molecule has 1 heterocycles. The van der Waals surface area contributed by atoms with Crippen molar-refractivity contribution in [2.75, 3.05) is 18.9 Å². The normalized spacial score (nSPS) is 11.7. The molecule has 0 saturated heterocycles. The van der Waals surface area contributed by atoms with Crippen molar-refractivity contribution in [3.8, 4) is 5.69 Å². The molecule has 0 saturated carbocycles. The molecule has 1 unspecified atom stereocenters. The van der Waals surface area contributed by atoms with E-state index in [2.05, 4.69) is 15.4 Å². The summed E-state index contributed by atoms with van der Waals surface area (Å²) in [5, 5.41) is 16.1. The quantitative estimate of drug-likeness (QED) is 0.798. The van der Waals surface area contributed by atoms with Gasteiger partial charge in [0, 0.05) is 5.02 Å². The number of halogens is 2. The van der Waals surface area contributed by atoms with Crippen LogP contribution in [0.25, 0.3) is 5.69 Å². The number of likely N-dealkylation sites (N-methyl/N-ethyl adjacent to an activating group) is 1. The molecule has 2 rings (SSSR count). The molecule has 0 aliphatic rings. The first-order valence-electron chi connectivity index (χ1n) is 6.76. The van der Waals surface area contributed by atoms with Crippen LogP contribution in [0.2, 0.25) is 5.02 Å². The van der Waals surface area contributed by atoms with Gasteiger partial charge in [0.05, 0.1) is 17.9 Å². The van der Waals surface area contributed by atoms with Crippen molar-refractivity contribution in [2.45, 2.75) is 13.0 Å². The molecule has 2 aromatic rings. The van der Waals surface area contributed by atoms with Gasteiger partial charge in [0.25, 0.3) is 0 Å². The molecule has 1 aromatic heterocycles. The number of amides is 1. The van der Waals surface area contributed by atoms with Gasteiger partial charge in [-0.05, 0) is 32.2 Å². The van der Waals surface area contributed by atoms with Gasteiger partial charge < -0.3 is 10.4 Å². The highest BCUT2D eigenvalue weighted by Gasteiger charge is 2.19. The Morgan fingerprint density at radius 3 is 2.75 bits per heavy atom. The van der Waals surface area contributed by atoms with E-state index in [1.807, 2.05) is 0 Å². The van der Waals surface area contributed by atoms with Crippen LogP contribution in [0.5, 0.6) is 0 Å². The number of anilines is 1. The average molecular weight is 374 g/mol. The number of benzene rings is 1.